The van der Waals surface area contributed by atoms with Crippen LogP contribution in [0.2, 0.25) is 0 Å². The van der Waals surface area contributed by atoms with Crippen LogP contribution in [-0.2, 0) is 20.1 Å². The summed E-state index contributed by atoms with van der Waals surface area (Å²) in [6, 6.07) is 11.9. The molecule has 0 saturated heterocycles. The third kappa shape index (κ3) is 3.96. The molecule has 0 aliphatic carbocycles. The third-order valence-electron chi connectivity index (χ3n) is 4.91. The summed E-state index contributed by atoms with van der Waals surface area (Å²) in [5, 5.41) is 18.8. The molecule has 8 nitrogen and oxygen atoms in total. The molecule has 0 unspecified atom stereocenters. The highest BCUT2D eigenvalue weighted by molar-refractivity contribution is 5.93. The molecule has 1 aromatic carbocycles. The molecule has 1 amide bonds. The maximum absolute atomic E-state index is 12.5. The summed E-state index contributed by atoms with van der Waals surface area (Å²) < 4.78 is 3.67. The fourth-order valence-electron chi connectivity index (χ4n) is 3.34. The highest BCUT2D eigenvalue weighted by atomic mass is 16.1. The van der Waals surface area contributed by atoms with E-state index in [1.165, 1.54) is 5.56 Å². The van der Waals surface area contributed by atoms with E-state index in [1.54, 1.807) is 12.3 Å². The van der Waals surface area contributed by atoms with Gasteiger partial charge >= 0.3 is 0 Å². The molecule has 4 rings (SSSR count). The molecule has 0 bridgehead atoms. The Kier molecular flexibility index (Phi) is 4.99. The van der Waals surface area contributed by atoms with E-state index in [0.717, 1.165) is 22.5 Å². The van der Waals surface area contributed by atoms with Gasteiger partial charge in [-0.25, -0.2) is 0 Å². The van der Waals surface area contributed by atoms with Gasteiger partial charge in [0.05, 0.1) is 24.1 Å². The molecule has 4 aromatic rings. The maximum Gasteiger partial charge on any atom is 0.269 e. The van der Waals surface area contributed by atoms with E-state index >= 15 is 0 Å². The Labute approximate surface area is 168 Å². The van der Waals surface area contributed by atoms with Gasteiger partial charge < -0.3 is 5.32 Å². The van der Waals surface area contributed by atoms with E-state index in [0.29, 0.717) is 24.5 Å². The Morgan fingerprint density at radius 1 is 1.17 bits per heavy atom. The van der Waals surface area contributed by atoms with Crippen LogP contribution >= 0.6 is 0 Å². The largest absolute Gasteiger partial charge is 0.347 e. The van der Waals surface area contributed by atoms with Gasteiger partial charge in [0.2, 0.25) is 0 Å². The average molecular weight is 389 g/mol. The summed E-state index contributed by atoms with van der Waals surface area (Å²) in [4.78, 5) is 12.5. The molecule has 3 aromatic heterocycles. The van der Waals surface area contributed by atoms with Gasteiger partial charge in [0.1, 0.15) is 5.69 Å². The number of aromatic nitrogens is 6. The standard InChI is InChI=1S/C21H23N7O/c1-14-20(15(2)27(3)26-14)18-9-19(25-24-18)21(29)22-10-17-11-23-28(13-17)12-16-7-5-4-6-8-16/h4-9,11,13H,10,12H2,1-3H3,(H,22,29)(H,24,25). The molecule has 0 radical (unpaired) electrons. The highest BCUT2D eigenvalue weighted by Crippen LogP contribution is 2.25. The Bertz CT molecular complexity index is 1140. The van der Waals surface area contributed by atoms with Gasteiger partial charge in [-0.15, -0.1) is 0 Å². The molecule has 0 aliphatic rings. The van der Waals surface area contributed by atoms with Crippen molar-refractivity contribution in [1.29, 1.82) is 0 Å². The molecule has 3 heterocycles. The Hall–Kier alpha value is -3.68. The fraction of sp³-hybridized carbons (Fsp3) is 0.238. The lowest BCUT2D eigenvalue weighted by molar-refractivity contribution is 0.0946. The van der Waals surface area contributed by atoms with Crippen molar-refractivity contribution in [2.45, 2.75) is 26.9 Å². The van der Waals surface area contributed by atoms with Crippen LogP contribution in [0.1, 0.15) is 33.0 Å². The predicted molar refractivity (Wildman–Crippen MR) is 109 cm³/mol. The van der Waals surface area contributed by atoms with Crippen LogP contribution in [0.15, 0.2) is 48.8 Å². The molecule has 2 N–H and O–H groups in total. The van der Waals surface area contributed by atoms with Gasteiger partial charge in [-0.05, 0) is 25.5 Å². The first kappa shape index (κ1) is 18.7. The zero-order valence-electron chi connectivity index (χ0n) is 16.7. The number of hydrogen-bond donors (Lipinski definition) is 2. The Morgan fingerprint density at radius 2 is 1.97 bits per heavy atom. The first-order chi connectivity index (χ1) is 14.0. The number of benzene rings is 1. The number of H-pyrrole nitrogens is 1. The number of aryl methyl sites for hydroxylation is 2. The van der Waals surface area contributed by atoms with Crippen LogP contribution in [-0.4, -0.2) is 35.7 Å². The van der Waals surface area contributed by atoms with Gasteiger partial charge in [0, 0.05) is 36.6 Å². The number of carbonyl (C=O) groups is 1. The number of nitrogens with one attached hydrogen (secondary N) is 2. The fourth-order valence-corrected chi connectivity index (χ4v) is 3.34. The zero-order chi connectivity index (χ0) is 20.4. The monoisotopic (exact) mass is 389 g/mol. The van der Waals surface area contributed by atoms with Crippen LogP contribution in [0.4, 0.5) is 0 Å². The summed E-state index contributed by atoms with van der Waals surface area (Å²) in [6.07, 6.45) is 3.71. The maximum atomic E-state index is 12.5. The SMILES string of the molecule is Cc1nn(C)c(C)c1-c1cc(C(=O)NCc2cnn(Cc3ccccc3)c2)[nH]n1. The summed E-state index contributed by atoms with van der Waals surface area (Å²) in [5.41, 5.74) is 6.09. The Balaban J connectivity index is 1.39. The van der Waals surface area contributed by atoms with Crippen molar-refractivity contribution < 1.29 is 4.79 Å². The van der Waals surface area contributed by atoms with E-state index in [4.69, 9.17) is 0 Å². The molecule has 0 aliphatic heterocycles. The molecule has 0 atom stereocenters. The summed E-state index contributed by atoms with van der Waals surface area (Å²) >= 11 is 0. The molecule has 148 valence electrons. The summed E-state index contributed by atoms with van der Waals surface area (Å²) in [6.45, 7) is 5.01. The number of amides is 1. The molecule has 0 fully saturated rings. The minimum atomic E-state index is -0.209. The van der Waals surface area contributed by atoms with Crippen LogP contribution in [0.25, 0.3) is 11.3 Å². The number of rotatable bonds is 6. The van der Waals surface area contributed by atoms with Gasteiger partial charge in [-0.3, -0.25) is 19.3 Å². The first-order valence-electron chi connectivity index (χ1n) is 9.40. The zero-order valence-corrected chi connectivity index (χ0v) is 16.7. The Morgan fingerprint density at radius 3 is 2.69 bits per heavy atom. The van der Waals surface area contributed by atoms with Gasteiger partial charge in [0.15, 0.2) is 0 Å². The number of nitrogens with zero attached hydrogens (tertiary/aromatic N) is 5. The number of aromatic amines is 1. The third-order valence-corrected chi connectivity index (χ3v) is 4.91. The van der Waals surface area contributed by atoms with E-state index in [2.05, 4.69) is 37.8 Å². The van der Waals surface area contributed by atoms with Crippen molar-refractivity contribution in [3.63, 3.8) is 0 Å². The van der Waals surface area contributed by atoms with Gasteiger partial charge in [-0.1, -0.05) is 30.3 Å². The van der Waals surface area contributed by atoms with Crippen molar-refractivity contribution in [2.24, 2.45) is 7.05 Å². The van der Waals surface area contributed by atoms with E-state index < -0.39 is 0 Å². The minimum absolute atomic E-state index is 0.209. The van der Waals surface area contributed by atoms with Crippen molar-refractivity contribution in [3.8, 4) is 11.3 Å². The lowest BCUT2D eigenvalue weighted by Gasteiger charge is -2.02. The van der Waals surface area contributed by atoms with Crippen LogP contribution < -0.4 is 5.32 Å². The number of carbonyl (C=O) groups excluding carboxylic acids is 1. The first-order valence-corrected chi connectivity index (χ1v) is 9.40. The van der Waals surface area contributed by atoms with Crippen LogP contribution in [0.3, 0.4) is 0 Å². The second-order valence-corrected chi connectivity index (χ2v) is 7.05. The van der Waals surface area contributed by atoms with E-state index in [1.807, 2.05) is 54.7 Å². The lowest BCUT2D eigenvalue weighted by Crippen LogP contribution is -2.22. The second kappa shape index (κ2) is 7.75. The van der Waals surface area contributed by atoms with E-state index in [9.17, 15) is 4.79 Å². The second-order valence-electron chi connectivity index (χ2n) is 7.05. The summed E-state index contributed by atoms with van der Waals surface area (Å²) in [7, 11) is 1.89. The van der Waals surface area contributed by atoms with Crippen LogP contribution in [0, 0.1) is 13.8 Å². The minimum Gasteiger partial charge on any atom is -0.347 e. The smallest absolute Gasteiger partial charge is 0.269 e. The van der Waals surface area contributed by atoms with Crippen molar-refractivity contribution in [3.05, 3.63) is 77.0 Å². The number of hydrogen-bond acceptors (Lipinski definition) is 4. The van der Waals surface area contributed by atoms with Crippen molar-refractivity contribution in [2.75, 3.05) is 0 Å². The van der Waals surface area contributed by atoms with Gasteiger partial charge in [0.25, 0.3) is 5.91 Å². The topological polar surface area (TPSA) is 93.4 Å². The molecular formula is C21H23N7O. The molecule has 0 spiro atoms. The normalized spacial score (nSPS) is 11.0. The molecule has 29 heavy (non-hydrogen) atoms. The average Bonchev–Trinajstić information content (AvgIpc) is 3.41. The highest BCUT2D eigenvalue weighted by Gasteiger charge is 2.17. The van der Waals surface area contributed by atoms with Crippen molar-refractivity contribution >= 4 is 5.91 Å². The van der Waals surface area contributed by atoms with Gasteiger partial charge in [-0.2, -0.15) is 15.3 Å². The summed E-state index contributed by atoms with van der Waals surface area (Å²) in [5.74, 6) is -0.209. The lowest BCUT2D eigenvalue weighted by atomic mass is 10.1. The predicted octanol–water partition coefficient (Wildman–Crippen LogP) is 2.60. The van der Waals surface area contributed by atoms with Crippen molar-refractivity contribution in [1.82, 2.24) is 35.1 Å². The molecular weight excluding hydrogens is 366 g/mol. The van der Waals surface area contributed by atoms with E-state index in [-0.39, 0.29) is 5.91 Å². The van der Waals surface area contributed by atoms with Crippen LogP contribution in [0.5, 0.6) is 0 Å². The quantitative estimate of drug-likeness (QED) is 0.530. The molecule has 0 saturated carbocycles. The molecule has 8 heteroatoms.